The summed E-state index contributed by atoms with van der Waals surface area (Å²) in [6, 6.07) is 21.6. The van der Waals surface area contributed by atoms with E-state index < -0.39 is 0 Å². The summed E-state index contributed by atoms with van der Waals surface area (Å²) in [5.41, 5.74) is 3.75. The standard InChI is InChI=1S/C30H36N4O3/c1-24(35)34-20-10-18-32(23-27-13-7-8-16-31-27)17-9-19-33(22-26-12-3-5-14-28(26)34)30(36)21-25-11-4-6-15-29(25)37-2/h3-8,11-16H,9-10,17-23H2,1-2H3. The molecule has 1 aliphatic heterocycles. The Kier molecular flexibility index (Phi) is 9.27. The van der Waals surface area contributed by atoms with Crippen LogP contribution in [0.5, 0.6) is 5.75 Å². The average molecular weight is 501 g/mol. The number of amides is 2. The molecule has 1 aliphatic rings. The van der Waals surface area contributed by atoms with E-state index in [0.717, 1.165) is 60.7 Å². The summed E-state index contributed by atoms with van der Waals surface area (Å²) in [5.74, 6) is 0.768. The van der Waals surface area contributed by atoms with Gasteiger partial charge in [0.05, 0.1) is 19.2 Å². The van der Waals surface area contributed by atoms with E-state index in [2.05, 4.69) is 9.88 Å². The van der Waals surface area contributed by atoms with Crippen molar-refractivity contribution in [1.29, 1.82) is 0 Å². The summed E-state index contributed by atoms with van der Waals surface area (Å²) in [6.45, 7) is 5.75. The van der Waals surface area contributed by atoms with E-state index in [4.69, 9.17) is 4.74 Å². The molecule has 2 aromatic carbocycles. The van der Waals surface area contributed by atoms with Crippen LogP contribution in [0.1, 0.15) is 36.6 Å². The number of fused-ring (bicyclic) bond motifs is 1. The molecule has 0 unspecified atom stereocenters. The number of para-hydroxylation sites is 2. The van der Waals surface area contributed by atoms with Crippen molar-refractivity contribution in [3.8, 4) is 5.75 Å². The Hall–Kier alpha value is -3.71. The van der Waals surface area contributed by atoms with Gasteiger partial charge >= 0.3 is 0 Å². The van der Waals surface area contributed by atoms with Gasteiger partial charge in [0.1, 0.15) is 5.75 Å². The SMILES string of the molecule is COc1ccccc1CC(=O)N1CCCN(Cc2ccccn2)CCCN(C(C)=O)c2ccccc2C1. The zero-order valence-electron chi connectivity index (χ0n) is 21.8. The fraction of sp³-hybridized carbons (Fsp3) is 0.367. The quantitative estimate of drug-likeness (QED) is 0.522. The zero-order valence-corrected chi connectivity index (χ0v) is 21.8. The normalized spacial score (nSPS) is 15.3. The largest absolute Gasteiger partial charge is 0.496 e. The second-order valence-electron chi connectivity index (χ2n) is 9.41. The van der Waals surface area contributed by atoms with E-state index >= 15 is 0 Å². The Bertz CT molecular complexity index is 1180. The number of rotatable bonds is 5. The van der Waals surface area contributed by atoms with Gasteiger partial charge in [-0.15, -0.1) is 0 Å². The fourth-order valence-electron chi connectivity index (χ4n) is 4.90. The lowest BCUT2D eigenvalue weighted by Gasteiger charge is -2.31. The molecule has 0 saturated carbocycles. The van der Waals surface area contributed by atoms with Gasteiger partial charge in [0.25, 0.3) is 0 Å². The van der Waals surface area contributed by atoms with Gasteiger partial charge in [-0.05, 0) is 42.7 Å². The van der Waals surface area contributed by atoms with Crippen LogP contribution in [0.3, 0.4) is 0 Å². The van der Waals surface area contributed by atoms with Crippen LogP contribution < -0.4 is 9.64 Å². The van der Waals surface area contributed by atoms with Gasteiger partial charge in [0, 0.05) is 63.6 Å². The summed E-state index contributed by atoms with van der Waals surface area (Å²) >= 11 is 0. The lowest BCUT2D eigenvalue weighted by molar-refractivity contribution is -0.131. The molecule has 0 aliphatic carbocycles. The predicted octanol–water partition coefficient (Wildman–Crippen LogP) is 4.31. The van der Waals surface area contributed by atoms with Crippen LogP contribution >= 0.6 is 0 Å². The number of carbonyl (C=O) groups excluding carboxylic acids is 2. The molecule has 3 aromatic rings. The predicted molar refractivity (Wildman–Crippen MR) is 145 cm³/mol. The molecular formula is C30H36N4O3. The highest BCUT2D eigenvalue weighted by Gasteiger charge is 2.22. The monoisotopic (exact) mass is 500 g/mol. The molecule has 2 heterocycles. The first kappa shape index (κ1) is 26.4. The van der Waals surface area contributed by atoms with Crippen LogP contribution in [0.4, 0.5) is 5.69 Å². The molecule has 1 aromatic heterocycles. The van der Waals surface area contributed by atoms with Gasteiger partial charge in [0.15, 0.2) is 0 Å². The maximum atomic E-state index is 13.6. The highest BCUT2D eigenvalue weighted by molar-refractivity contribution is 5.92. The van der Waals surface area contributed by atoms with E-state index in [1.54, 1.807) is 14.0 Å². The Morgan fingerprint density at radius 3 is 2.38 bits per heavy atom. The third-order valence-corrected chi connectivity index (χ3v) is 6.78. The third kappa shape index (κ3) is 7.17. The van der Waals surface area contributed by atoms with Crippen molar-refractivity contribution in [2.24, 2.45) is 0 Å². The number of hydrogen-bond acceptors (Lipinski definition) is 5. The maximum Gasteiger partial charge on any atom is 0.227 e. The van der Waals surface area contributed by atoms with Crippen molar-refractivity contribution in [2.75, 3.05) is 38.2 Å². The Morgan fingerprint density at radius 2 is 1.62 bits per heavy atom. The first-order valence-electron chi connectivity index (χ1n) is 12.9. The molecule has 0 fully saturated rings. The summed E-state index contributed by atoms with van der Waals surface area (Å²) in [5, 5.41) is 0. The van der Waals surface area contributed by atoms with Crippen LogP contribution in [-0.4, -0.2) is 59.9 Å². The number of hydrogen-bond donors (Lipinski definition) is 0. The first-order chi connectivity index (χ1) is 18.0. The average Bonchev–Trinajstić information content (AvgIpc) is 2.90. The number of aromatic nitrogens is 1. The third-order valence-electron chi connectivity index (χ3n) is 6.78. The van der Waals surface area contributed by atoms with Crippen molar-refractivity contribution in [3.63, 3.8) is 0 Å². The van der Waals surface area contributed by atoms with Gasteiger partial charge < -0.3 is 14.5 Å². The molecule has 7 nitrogen and oxygen atoms in total. The lowest BCUT2D eigenvalue weighted by atomic mass is 10.1. The minimum atomic E-state index is 0.00711. The molecule has 0 saturated heterocycles. The summed E-state index contributed by atoms with van der Waals surface area (Å²) < 4.78 is 5.49. The highest BCUT2D eigenvalue weighted by atomic mass is 16.5. The molecular weight excluding hydrogens is 464 g/mol. The Balaban J connectivity index is 1.60. The van der Waals surface area contributed by atoms with Crippen molar-refractivity contribution in [2.45, 2.75) is 39.3 Å². The molecule has 4 rings (SSSR count). The molecule has 194 valence electrons. The van der Waals surface area contributed by atoms with Gasteiger partial charge in [-0.25, -0.2) is 0 Å². The van der Waals surface area contributed by atoms with Crippen LogP contribution in [-0.2, 0) is 29.1 Å². The Morgan fingerprint density at radius 1 is 0.892 bits per heavy atom. The van der Waals surface area contributed by atoms with Crippen molar-refractivity contribution in [1.82, 2.24) is 14.8 Å². The number of ether oxygens (including phenoxy) is 1. The van der Waals surface area contributed by atoms with E-state index in [9.17, 15) is 9.59 Å². The number of pyridine rings is 1. The highest BCUT2D eigenvalue weighted by Crippen LogP contribution is 2.25. The zero-order chi connectivity index (χ0) is 26.0. The van der Waals surface area contributed by atoms with E-state index in [1.165, 1.54) is 0 Å². The summed E-state index contributed by atoms with van der Waals surface area (Å²) in [6.07, 6.45) is 3.79. The van der Waals surface area contributed by atoms with Crippen LogP contribution in [0.15, 0.2) is 72.9 Å². The lowest BCUT2D eigenvalue weighted by Crippen LogP contribution is -2.38. The number of methoxy groups -OCH3 is 1. The maximum absolute atomic E-state index is 13.6. The smallest absolute Gasteiger partial charge is 0.227 e. The minimum Gasteiger partial charge on any atom is -0.496 e. The van der Waals surface area contributed by atoms with Crippen LogP contribution in [0.2, 0.25) is 0 Å². The van der Waals surface area contributed by atoms with Crippen molar-refractivity contribution in [3.05, 3.63) is 89.7 Å². The van der Waals surface area contributed by atoms with Crippen molar-refractivity contribution < 1.29 is 14.3 Å². The number of carbonyl (C=O) groups is 2. The number of nitrogens with zero attached hydrogens (tertiary/aromatic N) is 4. The van der Waals surface area contributed by atoms with E-state index in [-0.39, 0.29) is 18.2 Å². The van der Waals surface area contributed by atoms with Crippen LogP contribution in [0, 0.1) is 0 Å². The molecule has 7 heteroatoms. The second kappa shape index (κ2) is 13.0. The van der Waals surface area contributed by atoms with Crippen molar-refractivity contribution >= 4 is 17.5 Å². The molecule has 0 atom stereocenters. The van der Waals surface area contributed by atoms with Gasteiger partial charge in [-0.2, -0.15) is 0 Å². The summed E-state index contributed by atoms with van der Waals surface area (Å²) in [4.78, 5) is 36.9. The summed E-state index contributed by atoms with van der Waals surface area (Å²) in [7, 11) is 1.63. The van der Waals surface area contributed by atoms with E-state index in [0.29, 0.717) is 19.6 Å². The second-order valence-corrected chi connectivity index (χ2v) is 9.41. The molecule has 0 radical (unpaired) electrons. The van der Waals surface area contributed by atoms with Gasteiger partial charge in [-0.3, -0.25) is 19.5 Å². The molecule has 0 bridgehead atoms. The van der Waals surface area contributed by atoms with Gasteiger partial charge in [0.2, 0.25) is 11.8 Å². The Labute approximate surface area is 219 Å². The topological polar surface area (TPSA) is 66.0 Å². The molecule has 0 N–H and O–H groups in total. The molecule has 37 heavy (non-hydrogen) atoms. The number of anilines is 1. The molecule has 0 spiro atoms. The van der Waals surface area contributed by atoms with E-state index in [1.807, 2.05) is 82.7 Å². The first-order valence-corrected chi connectivity index (χ1v) is 12.9. The minimum absolute atomic E-state index is 0.00711. The molecule has 2 amide bonds. The fourth-order valence-corrected chi connectivity index (χ4v) is 4.90. The van der Waals surface area contributed by atoms with Crippen LogP contribution in [0.25, 0.3) is 0 Å². The number of benzene rings is 2. The van der Waals surface area contributed by atoms with Gasteiger partial charge in [-0.1, -0.05) is 42.5 Å².